The van der Waals surface area contributed by atoms with Crippen LogP contribution in [0.15, 0.2) is 6.07 Å². The van der Waals surface area contributed by atoms with Crippen LogP contribution in [0.4, 0.5) is 11.4 Å². The molecular formula is C14H15N5O. The van der Waals surface area contributed by atoms with Gasteiger partial charge >= 0.3 is 0 Å². The second-order valence-electron chi connectivity index (χ2n) is 4.95. The Kier molecular flexibility index (Phi) is 2.23. The molecule has 0 atom stereocenters. The first kappa shape index (κ1) is 12.3. The maximum atomic E-state index is 11.4. The summed E-state index contributed by atoms with van der Waals surface area (Å²) in [6.45, 7) is 5.85. The number of rotatable bonds is 1. The van der Waals surface area contributed by atoms with Crippen LogP contribution < -0.4 is 22.6 Å². The molecule has 0 fully saturated rings. The number of carbonyl (C=O) groups excluding carboxylic acids is 1. The van der Waals surface area contributed by atoms with Crippen molar-refractivity contribution in [1.29, 1.82) is 0 Å². The molecule has 102 valence electrons. The van der Waals surface area contributed by atoms with E-state index in [9.17, 15) is 4.79 Å². The van der Waals surface area contributed by atoms with Crippen LogP contribution in [0.3, 0.4) is 0 Å². The molecule has 0 saturated heterocycles. The van der Waals surface area contributed by atoms with E-state index < -0.39 is 5.91 Å². The van der Waals surface area contributed by atoms with Crippen LogP contribution in [0.5, 0.6) is 0 Å². The summed E-state index contributed by atoms with van der Waals surface area (Å²) in [5.74, 6) is -0.596. The number of hydrogen-bond donors (Lipinski definition) is 3. The molecule has 1 aromatic carbocycles. The minimum absolute atomic E-state index is 0.172. The minimum Gasteiger partial charge on any atom is -0.397 e. The molecule has 0 unspecified atom stereocenters. The number of hydrogen-bond acceptors (Lipinski definition) is 4. The van der Waals surface area contributed by atoms with Gasteiger partial charge in [-0.25, -0.2) is 4.98 Å². The fraction of sp³-hybridized carbons (Fsp3) is 0.143. The van der Waals surface area contributed by atoms with Gasteiger partial charge in [0.25, 0.3) is 5.91 Å². The van der Waals surface area contributed by atoms with Crippen LogP contribution in [0.2, 0.25) is 0 Å². The number of nitrogens with zero attached hydrogens (tertiary/aromatic N) is 2. The molecular weight excluding hydrogens is 254 g/mol. The zero-order chi connectivity index (χ0) is 14.8. The Morgan fingerprint density at radius 3 is 2.60 bits per heavy atom. The molecule has 20 heavy (non-hydrogen) atoms. The van der Waals surface area contributed by atoms with Crippen molar-refractivity contribution in [3.05, 3.63) is 22.7 Å². The van der Waals surface area contributed by atoms with Gasteiger partial charge in [-0.05, 0) is 18.6 Å². The third-order valence-corrected chi connectivity index (χ3v) is 3.88. The Morgan fingerprint density at radius 2 is 2.00 bits per heavy atom. The molecule has 3 aromatic rings. The second-order valence-corrected chi connectivity index (χ2v) is 4.95. The largest absolute Gasteiger partial charge is 0.397 e. The van der Waals surface area contributed by atoms with Gasteiger partial charge in [0.2, 0.25) is 0 Å². The number of carbonyl (C=O) groups is 1. The van der Waals surface area contributed by atoms with Crippen LogP contribution in [0.1, 0.15) is 16.1 Å². The maximum Gasteiger partial charge on any atom is 0.267 e. The topological polar surface area (TPSA) is 113 Å². The highest BCUT2D eigenvalue weighted by Crippen LogP contribution is 2.36. The van der Waals surface area contributed by atoms with Gasteiger partial charge < -0.3 is 21.8 Å². The maximum absolute atomic E-state index is 11.4. The highest BCUT2D eigenvalue weighted by molar-refractivity contribution is 6.18. The van der Waals surface area contributed by atoms with E-state index in [1.807, 2.05) is 18.5 Å². The van der Waals surface area contributed by atoms with Crippen LogP contribution in [-0.2, 0) is 7.05 Å². The van der Waals surface area contributed by atoms with Crippen molar-refractivity contribution in [1.82, 2.24) is 9.55 Å². The van der Waals surface area contributed by atoms with E-state index in [1.54, 1.807) is 6.07 Å². The molecule has 2 aromatic heterocycles. The summed E-state index contributed by atoms with van der Waals surface area (Å²) in [5, 5.41) is 2.36. The normalized spacial score (nSPS) is 11.5. The molecule has 6 N–H and O–H groups in total. The van der Waals surface area contributed by atoms with Crippen LogP contribution in [0.25, 0.3) is 28.4 Å². The summed E-state index contributed by atoms with van der Waals surface area (Å²) in [6, 6.07) is 1.63. The summed E-state index contributed by atoms with van der Waals surface area (Å²) in [7, 11) is 1.87. The van der Waals surface area contributed by atoms with E-state index in [-0.39, 0.29) is 5.69 Å². The lowest BCUT2D eigenvalue weighted by Crippen LogP contribution is -2.14. The van der Waals surface area contributed by atoms with Crippen molar-refractivity contribution in [3.8, 4) is 0 Å². The van der Waals surface area contributed by atoms with Gasteiger partial charge in [0, 0.05) is 23.2 Å². The number of benzene rings is 1. The number of aromatic nitrogens is 2. The van der Waals surface area contributed by atoms with Crippen molar-refractivity contribution in [3.63, 3.8) is 0 Å². The Balaban J connectivity index is 2.74. The number of aryl methyl sites for hydroxylation is 1. The molecule has 2 heterocycles. The monoisotopic (exact) mass is 269 g/mol. The Labute approximate surface area is 114 Å². The first-order valence-corrected chi connectivity index (χ1v) is 6.09. The fourth-order valence-corrected chi connectivity index (χ4v) is 2.63. The highest BCUT2D eigenvalue weighted by atomic mass is 16.1. The van der Waals surface area contributed by atoms with E-state index in [2.05, 4.69) is 11.6 Å². The van der Waals surface area contributed by atoms with E-state index in [1.165, 1.54) is 0 Å². The summed E-state index contributed by atoms with van der Waals surface area (Å²) in [5.41, 5.74) is 21.0. The summed E-state index contributed by atoms with van der Waals surface area (Å²) < 4.78 is 1.88. The molecule has 0 radical (unpaired) electrons. The number of amides is 1. The van der Waals surface area contributed by atoms with Gasteiger partial charge in [-0.1, -0.05) is 6.58 Å². The number of primary amides is 1. The highest BCUT2D eigenvalue weighted by Gasteiger charge is 2.20. The number of pyridine rings is 1. The van der Waals surface area contributed by atoms with Gasteiger partial charge in [0.1, 0.15) is 5.69 Å². The molecule has 0 aliphatic carbocycles. The third kappa shape index (κ3) is 1.27. The van der Waals surface area contributed by atoms with E-state index in [0.29, 0.717) is 16.9 Å². The zero-order valence-corrected chi connectivity index (χ0v) is 11.3. The molecule has 6 nitrogen and oxygen atoms in total. The van der Waals surface area contributed by atoms with Gasteiger partial charge in [-0.2, -0.15) is 0 Å². The van der Waals surface area contributed by atoms with Crippen molar-refractivity contribution < 1.29 is 4.79 Å². The van der Waals surface area contributed by atoms with E-state index >= 15 is 0 Å². The summed E-state index contributed by atoms with van der Waals surface area (Å²) in [4.78, 5) is 15.7. The lowest BCUT2D eigenvalue weighted by molar-refractivity contribution is 0.0996. The lowest BCUT2D eigenvalue weighted by atomic mass is 10.0. The van der Waals surface area contributed by atoms with Crippen LogP contribution in [0, 0.1) is 6.92 Å². The predicted octanol–water partition coefficient (Wildman–Crippen LogP) is 0.427. The first-order valence-electron chi connectivity index (χ1n) is 6.09. The van der Waals surface area contributed by atoms with Gasteiger partial charge in [-0.3, -0.25) is 4.79 Å². The standard InChI is InChI=1S/C14H15N5O/c1-5-10(15)12-9-7(4-8(18-12)14(17)20)6(2)19(3)13(9)11(5)16/h4H,2,15-16H2,1,3H3,(H2,17,20). The zero-order valence-electron chi connectivity index (χ0n) is 11.3. The van der Waals surface area contributed by atoms with Gasteiger partial charge in [0.05, 0.1) is 22.4 Å². The van der Waals surface area contributed by atoms with Crippen LogP contribution in [-0.4, -0.2) is 15.5 Å². The minimum atomic E-state index is -0.596. The molecule has 0 aliphatic rings. The van der Waals surface area contributed by atoms with Gasteiger partial charge in [0.15, 0.2) is 0 Å². The van der Waals surface area contributed by atoms with Crippen LogP contribution >= 0.6 is 0 Å². The number of nitrogens with two attached hydrogens (primary N) is 3. The van der Waals surface area contributed by atoms with E-state index in [0.717, 1.165) is 27.2 Å². The molecule has 0 spiro atoms. The smallest absolute Gasteiger partial charge is 0.267 e. The molecule has 1 amide bonds. The SMILES string of the molecule is C=c1c2cc(C(N)=O)nc3c(N)c(C)c(N)c(c32)n1C. The first-order chi connectivity index (χ1) is 9.34. The average Bonchev–Trinajstić information content (AvgIpc) is 2.67. The molecule has 0 aliphatic heterocycles. The predicted molar refractivity (Wildman–Crippen MR) is 81.0 cm³/mol. The fourth-order valence-electron chi connectivity index (χ4n) is 2.63. The second kappa shape index (κ2) is 3.63. The van der Waals surface area contributed by atoms with Crippen molar-refractivity contribution in [2.75, 3.05) is 11.5 Å². The van der Waals surface area contributed by atoms with Crippen molar-refractivity contribution in [2.45, 2.75) is 6.92 Å². The van der Waals surface area contributed by atoms with E-state index in [4.69, 9.17) is 17.2 Å². The summed E-state index contributed by atoms with van der Waals surface area (Å²) in [6.07, 6.45) is 0. The Hall–Kier alpha value is -2.76. The number of anilines is 2. The quantitative estimate of drug-likeness (QED) is 0.556. The summed E-state index contributed by atoms with van der Waals surface area (Å²) >= 11 is 0. The average molecular weight is 269 g/mol. The van der Waals surface area contributed by atoms with Gasteiger partial charge in [-0.15, -0.1) is 0 Å². The number of nitrogen functional groups attached to an aromatic ring is 2. The molecule has 0 saturated carbocycles. The molecule has 3 rings (SSSR count). The molecule has 6 heteroatoms. The Morgan fingerprint density at radius 1 is 1.35 bits per heavy atom. The third-order valence-electron chi connectivity index (χ3n) is 3.88. The molecule has 0 bridgehead atoms. The lowest BCUT2D eigenvalue weighted by Gasteiger charge is -2.11. The Bertz CT molecular complexity index is 938. The van der Waals surface area contributed by atoms with Crippen molar-refractivity contribution in [2.24, 2.45) is 12.8 Å². The van der Waals surface area contributed by atoms with Crippen molar-refractivity contribution >= 4 is 45.7 Å².